The van der Waals surface area contributed by atoms with Crippen LogP contribution in [0.15, 0.2) is 24.3 Å². The summed E-state index contributed by atoms with van der Waals surface area (Å²) in [7, 11) is -3.49. The van der Waals surface area contributed by atoms with Gasteiger partial charge in [0.2, 0.25) is 15.9 Å². The van der Waals surface area contributed by atoms with Crippen molar-refractivity contribution in [1.29, 1.82) is 0 Å². The molecule has 2 atom stereocenters. The Balaban J connectivity index is 1.94. The number of benzene rings is 1. The van der Waals surface area contributed by atoms with E-state index in [0.717, 1.165) is 18.5 Å². The van der Waals surface area contributed by atoms with E-state index in [0.29, 0.717) is 18.0 Å². The number of hydrogen-bond donors (Lipinski definition) is 2. The molecule has 1 aromatic carbocycles. The third-order valence-electron chi connectivity index (χ3n) is 4.67. The molecule has 1 aromatic rings. The summed E-state index contributed by atoms with van der Waals surface area (Å²) in [5.74, 6) is -0.210. The van der Waals surface area contributed by atoms with Gasteiger partial charge in [0.15, 0.2) is 0 Å². The summed E-state index contributed by atoms with van der Waals surface area (Å²) in [6.07, 6.45) is 1.08. The van der Waals surface area contributed by atoms with E-state index in [1.165, 1.54) is 0 Å². The first-order valence-electron chi connectivity index (χ1n) is 7.94. The molecule has 1 amide bonds. The molecule has 1 fully saturated rings. The molecule has 0 aliphatic carbocycles. The molecule has 0 aromatic heterocycles. The monoisotopic (exact) mass is 373 g/mol. The van der Waals surface area contributed by atoms with Gasteiger partial charge in [0.25, 0.3) is 0 Å². The number of primary sulfonamides is 1. The molecule has 24 heavy (non-hydrogen) atoms. The molecule has 0 spiro atoms. The van der Waals surface area contributed by atoms with Crippen molar-refractivity contribution in [2.24, 2.45) is 5.14 Å². The first kappa shape index (κ1) is 19.2. The van der Waals surface area contributed by atoms with E-state index in [-0.39, 0.29) is 17.7 Å². The second-order valence-electron chi connectivity index (χ2n) is 6.42. The van der Waals surface area contributed by atoms with E-state index < -0.39 is 15.6 Å². The van der Waals surface area contributed by atoms with Crippen LogP contribution in [0, 0.1) is 0 Å². The second-order valence-corrected chi connectivity index (χ2v) is 8.59. The minimum absolute atomic E-state index is 0.0796. The summed E-state index contributed by atoms with van der Waals surface area (Å²) in [5.41, 5.74) is 0.521. The zero-order valence-corrected chi connectivity index (χ0v) is 15.5. The van der Waals surface area contributed by atoms with Crippen LogP contribution >= 0.6 is 11.6 Å². The van der Waals surface area contributed by atoms with E-state index in [1.807, 2.05) is 31.2 Å². The highest BCUT2D eigenvalue weighted by Gasteiger charge is 2.48. The first-order chi connectivity index (χ1) is 11.1. The molecule has 0 radical (unpaired) electrons. The molecule has 2 rings (SSSR count). The van der Waals surface area contributed by atoms with Gasteiger partial charge >= 0.3 is 0 Å². The van der Waals surface area contributed by atoms with Crippen molar-refractivity contribution in [2.75, 3.05) is 18.8 Å². The first-order valence-corrected chi connectivity index (χ1v) is 10.0. The topological polar surface area (TPSA) is 92.5 Å². The normalized spacial score (nSPS) is 22.7. The number of halogens is 1. The number of nitrogens with zero attached hydrogens (tertiary/aromatic N) is 1. The van der Waals surface area contributed by atoms with Crippen LogP contribution in [-0.2, 0) is 14.8 Å². The fourth-order valence-electron chi connectivity index (χ4n) is 3.03. The summed E-state index contributed by atoms with van der Waals surface area (Å²) < 4.78 is 21.8. The Bertz CT molecular complexity index is 693. The Morgan fingerprint density at radius 1 is 1.42 bits per heavy atom. The number of hydrogen-bond acceptors (Lipinski definition) is 4. The summed E-state index contributed by atoms with van der Waals surface area (Å²) >= 11 is 5.92. The van der Waals surface area contributed by atoms with Gasteiger partial charge in [-0.05, 0) is 44.4 Å². The standard InChI is InChI=1S/C16H24ClN3O3S/c1-12(13-4-6-14(17)7-5-13)20-10-8-16(20,2)15(21)19-9-3-11-24(18,22)23/h4-7,12H,3,8-11H2,1-2H3,(H,19,21)(H2,18,22,23)/t12-,16?/m0/s1. The molecule has 8 heteroatoms. The quantitative estimate of drug-likeness (QED) is 0.711. The lowest BCUT2D eigenvalue weighted by Crippen LogP contribution is -2.66. The van der Waals surface area contributed by atoms with Gasteiger partial charge in [-0.2, -0.15) is 0 Å². The molecular weight excluding hydrogens is 350 g/mol. The van der Waals surface area contributed by atoms with Gasteiger partial charge in [-0.1, -0.05) is 23.7 Å². The Morgan fingerprint density at radius 2 is 2.04 bits per heavy atom. The molecule has 1 unspecified atom stereocenters. The molecular formula is C16H24ClN3O3S. The summed E-state index contributed by atoms with van der Waals surface area (Å²) in [6.45, 7) is 5.12. The Morgan fingerprint density at radius 3 is 2.54 bits per heavy atom. The predicted octanol–water partition coefficient (Wildman–Crippen LogP) is 1.66. The maximum absolute atomic E-state index is 12.5. The second kappa shape index (κ2) is 7.39. The zero-order valence-electron chi connectivity index (χ0n) is 14.0. The van der Waals surface area contributed by atoms with E-state index in [4.69, 9.17) is 16.7 Å². The molecule has 0 saturated carbocycles. The minimum atomic E-state index is -3.49. The largest absolute Gasteiger partial charge is 0.354 e. The average Bonchev–Trinajstić information content (AvgIpc) is 2.49. The lowest BCUT2D eigenvalue weighted by Gasteiger charge is -2.52. The highest BCUT2D eigenvalue weighted by Crippen LogP contribution is 2.38. The molecule has 1 aliphatic heterocycles. The van der Waals surface area contributed by atoms with E-state index in [1.54, 1.807) is 0 Å². The summed E-state index contributed by atoms with van der Waals surface area (Å²) in [4.78, 5) is 14.7. The van der Waals surface area contributed by atoms with Crippen LogP contribution in [0.2, 0.25) is 5.02 Å². The number of carbonyl (C=O) groups excluding carboxylic acids is 1. The maximum Gasteiger partial charge on any atom is 0.240 e. The fourth-order valence-corrected chi connectivity index (χ4v) is 3.70. The van der Waals surface area contributed by atoms with Crippen molar-refractivity contribution in [1.82, 2.24) is 10.2 Å². The molecule has 1 saturated heterocycles. The third kappa shape index (κ3) is 4.47. The van der Waals surface area contributed by atoms with Gasteiger partial charge in [0.1, 0.15) is 0 Å². The SMILES string of the molecule is C[C@@H](c1ccc(Cl)cc1)N1CCC1(C)C(=O)NCCCS(N)(=O)=O. The van der Waals surface area contributed by atoms with Crippen molar-refractivity contribution < 1.29 is 13.2 Å². The Hall–Kier alpha value is -1.15. The molecule has 0 bridgehead atoms. The van der Waals surface area contributed by atoms with Crippen LogP contribution in [0.5, 0.6) is 0 Å². The smallest absolute Gasteiger partial charge is 0.240 e. The highest BCUT2D eigenvalue weighted by molar-refractivity contribution is 7.89. The van der Waals surface area contributed by atoms with Gasteiger partial charge < -0.3 is 5.32 Å². The van der Waals surface area contributed by atoms with E-state index in [2.05, 4.69) is 17.1 Å². The van der Waals surface area contributed by atoms with Crippen LogP contribution in [0.4, 0.5) is 0 Å². The number of nitrogens with one attached hydrogen (secondary N) is 1. The van der Waals surface area contributed by atoms with Crippen molar-refractivity contribution in [3.8, 4) is 0 Å². The lowest BCUT2D eigenvalue weighted by atomic mass is 9.82. The van der Waals surface area contributed by atoms with E-state index >= 15 is 0 Å². The van der Waals surface area contributed by atoms with Crippen LogP contribution in [-0.4, -0.2) is 43.6 Å². The lowest BCUT2D eigenvalue weighted by molar-refractivity contribution is -0.144. The van der Waals surface area contributed by atoms with Crippen LogP contribution < -0.4 is 10.5 Å². The predicted molar refractivity (Wildman–Crippen MR) is 95.2 cm³/mol. The van der Waals surface area contributed by atoms with Crippen LogP contribution in [0.3, 0.4) is 0 Å². The van der Waals surface area contributed by atoms with Crippen molar-refractivity contribution >= 4 is 27.5 Å². The molecule has 6 nitrogen and oxygen atoms in total. The van der Waals surface area contributed by atoms with Gasteiger partial charge in [-0.3, -0.25) is 9.69 Å². The minimum Gasteiger partial charge on any atom is -0.354 e. The zero-order chi connectivity index (χ0) is 18.0. The molecule has 3 N–H and O–H groups in total. The van der Waals surface area contributed by atoms with Gasteiger partial charge in [-0.25, -0.2) is 13.6 Å². The van der Waals surface area contributed by atoms with Crippen molar-refractivity contribution in [2.45, 2.75) is 38.3 Å². The molecule has 1 heterocycles. The van der Waals surface area contributed by atoms with Gasteiger partial charge in [0.05, 0.1) is 11.3 Å². The van der Waals surface area contributed by atoms with Crippen LogP contribution in [0.25, 0.3) is 0 Å². The Kier molecular flexibility index (Phi) is 5.91. The summed E-state index contributed by atoms with van der Waals surface area (Å²) in [6, 6.07) is 7.72. The number of sulfonamides is 1. The van der Waals surface area contributed by atoms with Gasteiger partial charge in [-0.15, -0.1) is 0 Å². The van der Waals surface area contributed by atoms with Crippen LogP contribution in [0.1, 0.15) is 38.3 Å². The number of carbonyl (C=O) groups is 1. The number of nitrogens with two attached hydrogens (primary N) is 1. The van der Waals surface area contributed by atoms with E-state index in [9.17, 15) is 13.2 Å². The van der Waals surface area contributed by atoms with Crippen molar-refractivity contribution in [3.05, 3.63) is 34.9 Å². The van der Waals surface area contributed by atoms with Gasteiger partial charge in [0, 0.05) is 24.2 Å². The number of amides is 1. The number of likely N-dealkylation sites (tertiary alicyclic amines) is 1. The summed E-state index contributed by atoms with van der Waals surface area (Å²) in [5, 5.41) is 8.46. The number of rotatable bonds is 7. The maximum atomic E-state index is 12.5. The highest BCUT2D eigenvalue weighted by atomic mass is 35.5. The fraction of sp³-hybridized carbons (Fsp3) is 0.562. The van der Waals surface area contributed by atoms with Crippen molar-refractivity contribution in [3.63, 3.8) is 0 Å². The third-order valence-corrected chi connectivity index (χ3v) is 5.78. The Labute approximate surface area is 148 Å². The molecule has 1 aliphatic rings. The molecule has 134 valence electrons. The average molecular weight is 374 g/mol.